The first-order chi connectivity index (χ1) is 14.5. The molecule has 1 aliphatic carbocycles. The maximum Gasteiger partial charge on any atom is 0.256 e. The maximum atomic E-state index is 12.6. The predicted molar refractivity (Wildman–Crippen MR) is 118 cm³/mol. The van der Waals surface area contributed by atoms with Gasteiger partial charge in [-0.15, -0.1) is 0 Å². The highest BCUT2D eigenvalue weighted by Gasteiger charge is 2.20. The second-order valence-corrected chi connectivity index (χ2v) is 7.71. The minimum Gasteiger partial charge on any atom is -0.384 e. The van der Waals surface area contributed by atoms with Crippen molar-refractivity contribution in [1.82, 2.24) is 14.5 Å². The van der Waals surface area contributed by atoms with Crippen molar-refractivity contribution in [3.05, 3.63) is 51.8 Å². The number of pyridine rings is 1. The standard InChI is InChI=1S/C22H26N6O2/c1-2-28-19(23)17(20(24)30)18(29)16-12-25-22(27-21(16)28)26-15-10-8-14(9-11-15)13-6-4-3-5-7-13/h8-13H,2-7,23H2,1H3,(H2,24,30)(H,25,26,27). The SMILES string of the molecule is CCn1c(N)c(C(N)=O)c(=O)c2cnc(Nc3ccc(C4CCCCC4)cc3)nc21. The number of fused-ring (bicyclic) bond motifs is 1. The highest BCUT2D eigenvalue weighted by Crippen LogP contribution is 2.33. The Balaban J connectivity index is 1.66. The zero-order valence-corrected chi connectivity index (χ0v) is 17.0. The van der Waals surface area contributed by atoms with Crippen molar-refractivity contribution in [2.75, 3.05) is 11.1 Å². The predicted octanol–water partition coefficient (Wildman–Crippen LogP) is 3.28. The van der Waals surface area contributed by atoms with E-state index >= 15 is 0 Å². The van der Waals surface area contributed by atoms with Crippen LogP contribution in [0, 0.1) is 0 Å². The number of nitrogens with one attached hydrogen (secondary N) is 1. The van der Waals surface area contributed by atoms with Gasteiger partial charge in [0.25, 0.3) is 5.91 Å². The van der Waals surface area contributed by atoms with Crippen molar-refractivity contribution in [1.29, 1.82) is 0 Å². The van der Waals surface area contributed by atoms with Gasteiger partial charge in [-0.05, 0) is 43.4 Å². The van der Waals surface area contributed by atoms with Gasteiger partial charge in [-0.1, -0.05) is 31.4 Å². The molecule has 5 N–H and O–H groups in total. The molecule has 0 aliphatic heterocycles. The number of carbonyl (C=O) groups is 1. The van der Waals surface area contributed by atoms with Crippen LogP contribution in [0.5, 0.6) is 0 Å². The number of benzene rings is 1. The number of nitrogens with two attached hydrogens (primary N) is 2. The first-order valence-corrected chi connectivity index (χ1v) is 10.4. The lowest BCUT2D eigenvalue weighted by Gasteiger charge is -2.22. The summed E-state index contributed by atoms with van der Waals surface area (Å²) in [7, 11) is 0. The Labute approximate surface area is 174 Å². The third-order valence-electron chi connectivity index (χ3n) is 5.85. The van der Waals surface area contributed by atoms with Crippen molar-refractivity contribution in [3.8, 4) is 0 Å². The smallest absolute Gasteiger partial charge is 0.256 e. The molecular weight excluding hydrogens is 380 g/mol. The van der Waals surface area contributed by atoms with Crippen LogP contribution in [0.2, 0.25) is 0 Å². The normalized spacial score (nSPS) is 14.7. The molecule has 156 valence electrons. The largest absolute Gasteiger partial charge is 0.384 e. The van der Waals surface area contributed by atoms with Crippen LogP contribution in [0.15, 0.2) is 35.3 Å². The molecule has 2 aromatic heterocycles. The molecule has 1 amide bonds. The van der Waals surface area contributed by atoms with E-state index in [-0.39, 0.29) is 16.8 Å². The zero-order valence-electron chi connectivity index (χ0n) is 17.0. The van der Waals surface area contributed by atoms with Crippen LogP contribution in [-0.2, 0) is 6.54 Å². The van der Waals surface area contributed by atoms with E-state index < -0.39 is 11.3 Å². The molecule has 1 fully saturated rings. The van der Waals surface area contributed by atoms with Gasteiger partial charge in [-0.2, -0.15) is 4.98 Å². The molecule has 0 bridgehead atoms. The third kappa shape index (κ3) is 3.60. The van der Waals surface area contributed by atoms with Gasteiger partial charge >= 0.3 is 0 Å². The summed E-state index contributed by atoms with van der Waals surface area (Å²) in [5.41, 5.74) is 13.2. The minimum absolute atomic E-state index is 0.0176. The molecule has 0 radical (unpaired) electrons. The number of aromatic nitrogens is 3. The quantitative estimate of drug-likeness (QED) is 0.596. The molecule has 0 atom stereocenters. The number of aryl methyl sites for hydroxylation is 1. The van der Waals surface area contributed by atoms with E-state index in [1.807, 2.05) is 19.1 Å². The van der Waals surface area contributed by atoms with E-state index in [1.54, 1.807) is 4.57 Å². The second-order valence-electron chi connectivity index (χ2n) is 7.71. The molecule has 0 spiro atoms. The highest BCUT2D eigenvalue weighted by atomic mass is 16.2. The van der Waals surface area contributed by atoms with Crippen LogP contribution in [0.25, 0.3) is 11.0 Å². The van der Waals surface area contributed by atoms with Crippen LogP contribution in [-0.4, -0.2) is 20.4 Å². The van der Waals surface area contributed by atoms with Crippen molar-refractivity contribution >= 4 is 34.4 Å². The first kappa shape index (κ1) is 19.9. The highest BCUT2D eigenvalue weighted by molar-refractivity contribution is 6.00. The number of carbonyl (C=O) groups excluding carboxylic acids is 1. The summed E-state index contributed by atoms with van der Waals surface area (Å²) in [6, 6.07) is 8.35. The molecule has 3 aromatic rings. The molecule has 8 heteroatoms. The summed E-state index contributed by atoms with van der Waals surface area (Å²) in [6.45, 7) is 2.28. The second kappa shape index (κ2) is 8.14. The molecule has 1 aromatic carbocycles. The summed E-state index contributed by atoms with van der Waals surface area (Å²) in [4.78, 5) is 33.0. The fraction of sp³-hybridized carbons (Fsp3) is 0.364. The van der Waals surface area contributed by atoms with Crippen LogP contribution < -0.4 is 22.2 Å². The third-order valence-corrected chi connectivity index (χ3v) is 5.85. The molecule has 0 unspecified atom stereocenters. The van der Waals surface area contributed by atoms with Crippen molar-refractivity contribution in [3.63, 3.8) is 0 Å². The van der Waals surface area contributed by atoms with Crippen molar-refractivity contribution in [2.45, 2.75) is 51.5 Å². The van der Waals surface area contributed by atoms with Gasteiger partial charge in [-0.3, -0.25) is 9.59 Å². The Bertz CT molecular complexity index is 1150. The van der Waals surface area contributed by atoms with E-state index in [4.69, 9.17) is 11.5 Å². The topological polar surface area (TPSA) is 129 Å². The van der Waals surface area contributed by atoms with Crippen molar-refractivity contribution in [2.24, 2.45) is 5.73 Å². The number of primary amides is 1. The summed E-state index contributed by atoms with van der Waals surface area (Å²) in [5.74, 6) is 0.151. The number of nitrogens with zero attached hydrogens (tertiary/aromatic N) is 3. The summed E-state index contributed by atoms with van der Waals surface area (Å²) in [6.07, 6.45) is 7.85. The van der Waals surface area contributed by atoms with Gasteiger partial charge < -0.3 is 21.4 Å². The van der Waals surface area contributed by atoms with E-state index in [0.717, 1.165) is 5.69 Å². The van der Waals surface area contributed by atoms with Crippen LogP contribution in [0.3, 0.4) is 0 Å². The monoisotopic (exact) mass is 406 g/mol. The molecule has 0 saturated heterocycles. The number of amides is 1. The van der Waals surface area contributed by atoms with E-state index in [2.05, 4.69) is 27.4 Å². The molecule has 8 nitrogen and oxygen atoms in total. The Morgan fingerprint density at radius 1 is 1.20 bits per heavy atom. The number of anilines is 3. The average molecular weight is 406 g/mol. The van der Waals surface area contributed by atoms with E-state index in [1.165, 1.54) is 43.9 Å². The molecule has 4 rings (SSSR count). The van der Waals surface area contributed by atoms with E-state index in [9.17, 15) is 9.59 Å². The fourth-order valence-corrected chi connectivity index (χ4v) is 4.26. The number of rotatable bonds is 5. The molecule has 2 heterocycles. The number of hydrogen-bond donors (Lipinski definition) is 3. The minimum atomic E-state index is -0.859. The molecule has 30 heavy (non-hydrogen) atoms. The van der Waals surface area contributed by atoms with Gasteiger partial charge in [0.1, 0.15) is 11.4 Å². The summed E-state index contributed by atoms with van der Waals surface area (Å²) >= 11 is 0. The Hall–Kier alpha value is -3.42. The Morgan fingerprint density at radius 2 is 1.90 bits per heavy atom. The van der Waals surface area contributed by atoms with Crippen LogP contribution in [0.4, 0.5) is 17.5 Å². The van der Waals surface area contributed by atoms with Crippen LogP contribution >= 0.6 is 0 Å². The van der Waals surface area contributed by atoms with Crippen molar-refractivity contribution < 1.29 is 4.79 Å². The summed E-state index contributed by atoms with van der Waals surface area (Å²) in [5, 5.41) is 3.39. The number of nitrogen functional groups attached to an aromatic ring is 1. The lowest BCUT2D eigenvalue weighted by molar-refractivity contribution is 0.1000. The molecule has 1 saturated carbocycles. The van der Waals surface area contributed by atoms with E-state index in [0.29, 0.717) is 24.1 Å². The first-order valence-electron chi connectivity index (χ1n) is 10.4. The van der Waals surface area contributed by atoms with Gasteiger partial charge in [0.2, 0.25) is 11.4 Å². The van der Waals surface area contributed by atoms with Gasteiger partial charge in [0, 0.05) is 18.4 Å². The zero-order chi connectivity index (χ0) is 21.3. The summed E-state index contributed by atoms with van der Waals surface area (Å²) < 4.78 is 1.59. The Morgan fingerprint density at radius 3 is 2.53 bits per heavy atom. The maximum absolute atomic E-state index is 12.6. The van der Waals surface area contributed by atoms with Gasteiger partial charge in [0.15, 0.2) is 5.65 Å². The average Bonchev–Trinajstić information content (AvgIpc) is 2.75. The van der Waals surface area contributed by atoms with Gasteiger partial charge in [-0.25, -0.2) is 4.98 Å². The van der Waals surface area contributed by atoms with Gasteiger partial charge in [0.05, 0.1) is 5.39 Å². The van der Waals surface area contributed by atoms with Crippen LogP contribution in [0.1, 0.15) is 60.9 Å². The molecular formula is C22H26N6O2. The Kier molecular flexibility index (Phi) is 5.39. The lowest BCUT2D eigenvalue weighted by atomic mass is 9.84. The molecule has 1 aliphatic rings. The fourth-order valence-electron chi connectivity index (χ4n) is 4.26. The number of hydrogen-bond acceptors (Lipinski definition) is 6. The lowest BCUT2D eigenvalue weighted by Crippen LogP contribution is -2.28.